The van der Waals surface area contributed by atoms with Crippen molar-refractivity contribution in [2.75, 3.05) is 0 Å². The van der Waals surface area contributed by atoms with E-state index in [2.05, 4.69) is 5.43 Å². The minimum atomic E-state index is -0.168. The molecule has 4 bridgehead atoms. The molecule has 5 rings (SSSR count). The topological polar surface area (TPSA) is 38.0 Å². The van der Waals surface area contributed by atoms with Crippen LogP contribution in [0.3, 0.4) is 0 Å². The third-order valence-electron chi connectivity index (χ3n) is 6.25. The minimum Gasteiger partial charge on any atom is -0.271 e. The molecule has 0 aliphatic heterocycles. The van der Waals surface area contributed by atoms with Crippen LogP contribution in [0.4, 0.5) is 4.39 Å². The van der Waals surface area contributed by atoms with Gasteiger partial charge >= 0.3 is 0 Å². The Morgan fingerprint density at radius 1 is 1.14 bits per heavy atom. The summed E-state index contributed by atoms with van der Waals surface area (Å²) in [7, 11) is 0. The van der Waals surface area contributed by atoms with Gasteiger partial charge in [-0.1, -0.05) is 12.1 Å². The second kappa shape index (κ2) is 5.06. The van der Waals surface area contributed by atoms with Gasteiger partial charge in [0.1, 0.15) is 5.82 Å². The second-order valence-electron chi connectivity index (χ2n) is 7.90. The van der Waals surface area contributed by atoms with Crippen molar-refractivity contribution in [2.24, 2.45) is 29.0 Å². The normalized spacial score (nSPS) is 38.7. The lowest BCUT2D eigenvalue weighted by atomic mass is 9.48. The lowest BCUT2D eigenvalue weighted by Gasteiger charge is -2.57. The molecule has 4 saturated carbocycles. The van der Waals surface area contributed by atoms with Gasteiger partial charge in [-0.25, -0.2) is 4.39 Å². The maximum absolute atomic E-state index is 13.5. The van der Waals surface area contributed by atoms with E-state index in [0.29, 0.717) is 5.41 Å². The van der Waals surface area contributed by atoms with Crippen LogP contribution in [0.5, 0.6) is 0 Å². The Kier molecular flexibility index (Phi) is 3.31. The van der Waals surface area contributed by atoms with Gasteiger partial charge in [-0.2, -0.15) is 0 Å². The van der Waals surface area contributed by atoms with Crippen molar-refractivity contribution < 1.29 is 4.39 Å². The first-order valence-electron chi connectivity index (χ1n) is 8.37. The van der Waals surface area contributed by atoms with E-state index in [1.54, 1.807) is 12.1 Å². The van der Waals surface area contributed by atoms with Crippen molar-refractivity contribution in [3.8, 4) is 0 Å². The highest BCUT2D eigenvalue weighted by atomic mass is 19.1. The van der Waals surface area contributed by atoms with Crippen molar-refractivity contribution in [1.82, 2.24) is 5.43 Å². The van der Waals surface area contributed by atoms with Crippen LogP contribution in [-0.2, 0) is 0 Å². The average molecular weight is 288 g/mol. The molecule has 0 aromatic heterocycles. The van der Waals surface area contributed by atoms with Crippen LogP contribution in [-0.4, -0.2) is 0 Å². The van der Waals surface area contributed by atoms with Gasteiger partial charge in [0, 0.05) is 6.04 Å². The molecule has 1 aromatic rings. The van der Waals surface area contributed by atoms with Gasteiger partial charge in [0.15, 0.2) is 0 Å². The standard InChI is InChI=1S/C18H25FN2/c19-16-3-1-2-15(7-16)17(21-20)11-18-8-12-4-13(9-18)6-14(5-12)10-18/h1-3,7,12-14,17,21H,4-6,8-11,20H2. The SMILES string of the molecule is NNC(CC12CC3CC(CC(C3)C1)C2)c1cccc(F)c1. The van der Waals surface area contributed by atoms with Gasteiger partial charge in [-0.05, 0) is 85.8 Å². The number of hydrogen-bond acceptors (Lipinski definition) is 2. The van der Waals surface area contributed by atoms with E-state index in [-0.39, 0.29) is 11.9 Å². The van der Waals surface area contributed by atoms with E-state index in [0.717, 1.165) is 29.7 Å². The molecule has 4 aliphatic rings. The smallest absolute Gasteiger partial charge is 0.123 e. The van der Waals surface area contributed by atoms with Crippen molar-refractivity contribution in [2.45, 2.75) is 51.0 Å². The summed E-state index contributed by atoms with van der Waals surface area (Å²) in [6.45, 7) is 0. The fourth-order valence-corrected chi connectivity index (χ4v) is 5.97. The van der Waals surface area contributed by atoms with Gasteiger partial charge < -0.3 is 0 Å². The van der Waals surface area contributed by atoms with Crippen LogP contribution in [0.15, 0.2) is 24.3 Å². The Hall–Kier alpha value is -0.930. The molecule has 114 valence electrons. The fourth-order valence-electron chi connectivity index (χ4n) is 5.97. The molecule has 1 aromatic carbocycles. The third kappa shape index (κ3) is 2.51. The lowest BCUT2D eigenvalue weighted by Crippen LogP contribution is -2.48. The zero-order chi connectivity index (χ0) is 14.4. The molecule has 0 radical (unpaired) electrons. The molecule has 0 spiro atoms. The van der Waals surface area contributed by atoms with Gasteiger partial charge in [-0.3, -0.25) is 11.3 Å². The number of benzene rings is 1. The maximum Gasteiger partial charge on any atom is 0.123 e. The van der Waals surface area contributed by atoms with Crippen molar-refractivity contribution in [3.05, 3.63) is 35.6 Å². The largest absolute Gasteiger partial charge is 0.271 e. The Morgan fingerprint density at radius 2 is 1.76 bits per heavy atom. The van der Waals surface area contributed by atoms with Crippen LogP contribution in [0, 0.1) is 29.0 Å². The van der Waals surface area contributed by atoms with E-state index in [1.165, 1.54) is 44.6 Å². The number of nitrogens with one attached hydrogen (secondary N) is 1. The Balaban J connectivity index is 1.56. The molecule has 3 N–H and O–H groups in total. The van der Waals surface area contributed by atoms with E-state index in [1.807, 2.05) is 6.07 Å². The number of hydrazine groups is 1. The Morgan fingerprint density at radius 3 is 2.29 bits per heavy atom. The summed E-state index contributed by atoms with van der Waals surface area (Å²) in [4.78, 5) is 0. The first kappa shape index (κ1) is 13.7. The molecule has 3 heteroatoms. The highest BCUT2D eigenvalue weighted by molar-refractivity contribution is 5.21. The highest BCUT2D eigenvalue weighted by Gasteiger charge is 2.51. The quantitative estimate of drug-likeness (QED) is 0.650. The summed E-state index contributed by atoms with van der Waals surface area (Å²) in [6, 6.07) is 6.99. The van der Waals surface area contributed by atoms with Crippen LogP contribution in [0.1, 0.15) is 56.6 Å². The minimum absolute atomic E-state index is 0.0805. The number of nitrogens with two attached hydrogens (primary N) is 1. The lowest BCUT2D eigenvalue weighted by molar-refractivity contribution is -0.0623. The van der Waals surface area contributed by atoms with Gasteiger partial charge in [0.05, 0.1) is 0 Å². The van der Waals surface area contributed by atoms with Gasteiger partial charge in [0.2, 0.25) is 0 Å². The predicted molar refractivity (Wildman–Crippen MR) is 81.7 cm³/mol. The number of halogens is 1. The molecule has 0 heterocycles. The summed E-state index contributed by atoms with van der Waals surface area (Å²) < 4.78 is 13.5. The molecule has 2 nitrogen and oxygen atoms in total. The average Bonchev–Trinajstić information content (AvgIpc) is 2.43. The first-order chi connectivity index (χ1) is 10.2. The second-order valence-corrected chi connectivity index (χ2v) is 7.90. The van der Waals surface area contributed by atoms with E-state index in [9.17, 15) is 4.39 Å². The molecule has 0 amide bonds. The van der Waals surface area contributed by atoms with Crippen LogP contribution < -0.4 is 11.3 Å². The van der Waals surface area contributed by atoms with Crippen LogP contribution in [0.2, 0.25) is 0 Å². The Labute approximate surface area is 126 Å². The Bertz CT molecular complexity index is 492. The molecule has 4 aliphatic carbocycles. The fraction of sp³-hybridized carbons (Fsp3) is 0.667. The van der Waals surface area contributed by atoms with Crippen molar-refractivity contribution in [1.29, 1.82) is 0 Å². The zero-order valence-electron chi connectivity index (χ0n) is 12.5. The van der Waals surface area contributed by atoms with Gasteiger partial charge in [0.25, 0.3) is 0 Å². The monoisotopic (exact) mass is 288 g/mol. The highest BCUT2D eigenvalue weighted by Crippen LogP contribution is 2.62. The number of hydrogen-bond donors (Lipinski definition) is 2. The molecule has 1 unspecified atom stereocenters. The first-order valence-corrected chi connectivity index (χ1v) is 8.37. The molecule has 4 fully saturated rings. The summed E-state index contributed by atoms with van der Waals surface area (Å²) >= 11 is 0. The van der Waals surface area contributed by atoms with E-state index >= 15 is 0 Å². The number of rotatable bonds is 4. The molecule has 0 saturated heterocycles. The zero-order valence-corrected chi connectivity index (χ0v) is 12.5. The molecular weight excluding hydrogens is 263 g/mol. The molecular formula is C18H25FN2. The third-order valence-corrected chi connectivity index (χ3v) is 6.25. The van der Waals surface area contributed by atoms with Crippen LogP contribution >= 0.6 is 0 Å². The predicted octanol–water partition coefficient (Wildman–Crippen LogP) is 3.94. The van der Waals surface area contributed by atoms with Gasteiger partial charge in [-0.15, -0.1) is 0 Å². The van der Waals surface area contributed by atoms with E-state index < -0.39 is 0 Å². The molecule has 21 heavy (non-hydrogen) atoms. The summed E-state index contributed by atoms with van der Waals surface area (Å²) in [5, 5.41) is 0. The van der Waals surface area contributed by atoms with E-state index in [4.69, 9.17) is 5.84 Å². The van der Waals surface area contributed by atoms with Crippen molar-refractivity contribution >= 4 is 0 Å². The summed E-state index contributed by atoms with van der Waals surface area (Å²) in [5.41, 5.74) is 4.40. The maximum atomic E-state index is 13.5. The summed E-state index contributed by atoms with van der Waals surface area (Å²) in [5.74, 6) is 8.48. The van der Waals surface area contributed by atoms with Crippen LogP contribution in [0.25, 0.3) is 0 Å². The van der Waals surface area contributed by atoms with Crippen molar-refractivity contribution in [3.63, 3.8) is 0 Å². The molecule has 1 atom stereocenters. The summed E-state index contributed by atoms with van der Waals surface area (Å²) in [6.07, 6.45) is 9.54.